The van der Waals surface area contributed by atoms with E-state index in [1.54, 1.807) is 6.92 Å². The van der Waals surface area contributed by atoms with E-state index in [2.05, 4.69) is 5.32 Å². The van der Waals surface area contributed by atoms with Crippen LogP contribution in [-0.4, -0.2) is 22.2 Å². The van der Waals surface area contributed by atoms with Crippen LogP contribution in [-0.2, 0) is 11.2 Å². The van der Waals surface area contributed by atoms with Crippen LogP contribution in [0, 0.1) is 0 Å². The molecule has 0 saturated heterocycles. The van der Waals surface area contributed by atoms with Crippen LogP contribution < -0.4 is 5.32 Å². The number of aliphatic carboxylic acids is 1. The molecule has 0 saturated carbocycles. The fraction of sp³-hybridized carbons (Fsp3) is 0.500. The third kappa shape index (κ3) is 4.19. The highest BCUT2D eigenvalue weighted by molar-refractivity contribution is 5.78. The first-order valence-electron chi connectivity index (χ1n) is 5.80. The maximum atomic E-state index is 11.4. The van der Waals surface area contributed by atoms with Gasteiger partial charge in [-0.15, -0.1) is 0 Å². The number of carboxylic acids is 1. The zero-order valence-corrected chi connectivity index (χ0v) is 10.9. The zero-order valence-electron chi connectivity index (χ0n) is 10.9. The quantitative estimate of drug-likeness (QED) is 0.842. The van der Waals surface area contributed by atoms with Crippen molar-refractivity contribution in [1.82, 2.24) is 5.32 Å². The van der Waals surface area contributed by atoms with E-state index in [4.69, 9.17) is 0 Å². The molecule has 0 amide bonds. The van der Waals surface area contributed by atoms with Crippen LogP contribution in [0.1, 0.15) is 33.3 Å². The van der Waals surface area contributed by atoms with E-state index in [0.29, 0.717) is 6.42 Å². The van der Waals surface area contributed by atoms with E-state index < -0.39 is 11.5 Å². The van der Waals surface area contributed by atoms with Gasteiger partial charge in [-0.05, 0) is 33.3 Å². The monoisotopic (exact) mass is 235 g/mol. The minimum Gasteiger partial charge on any atom is -0.480 e. The minimum absolute atomic E-state index is 0.234. The molecule has 3 nitrogen and oxygen atoms in total. The van der Waals surface area contributed by atoms with Gasteiger partial charge in [-0.2, -0.15) is 0 Å². The van der Waals surface area contributed by atoms with Crippen molar-refractivity contribution >= 4 is 5.97 Å². The largest absolute Gasteiger partial charge is 0.480 e. The van der Waals surface area contributed by atoms with Crippen LogP contribution in [0.4, 0.5) is 0 Å². The van der Waals surface area contributed by atoms with Crippen molar-refractivity contribution in [3.63, 3.8) is 0 Å². The lowest BCUT2D eigenvalue weighted by Crippen LogP contribution is -2.58. The van der Waals surface area contributed by atoms with Gasteiger partial charge in [0.25, 0.3) is 0 Å². The van der Waals surface area contributed by atoms with Crippen molar-refractivity contribution < 1.29 is 9.90 Å². The van der Waals surface area contributed by atoms with Crippen molar-refractivity contribution in [1.29, 1.82) is 0 Å². The van der Waals surface area contributed by atoms with Crippen LogP contribution in [0.3, 0.4) is 0 Å². The van der Waals surface area contributed by atoms with E-state index in [1.165, 1.54) is 0 Å². The smallest absolute Gasteiger partial charge is 0.323 e. The summed E-state index contributed by atoms with van der Waals surface area (Å²) in [5.74, 6) is -0.823. The standard InChI is InChI=1S/C14H21NO2/c1-13(2,3)15-14(4,12(16)17)10-11-8-6-5-7-9-11/h5-9,15H,10H2,1-4H3,(H,16,17). The summed E-state index contributed by atoms with van der Waals surface area (Å²) < 4.78 is 0. The number of carboxylic acid groups (broad SMARTS) is 1. The molecule has 1 unspecified atom stereocenters. The maximum absolute atomic E-state index is 11.4. The third-order valence-corrected chi connectivity index (χ3v) is 2.52. The van der Waals surface area contributed by atoms with E-state index in [9.17, 15) is 9.90 Å². The van der Waals surface area contributed by atoms with Crippen molar-refractivity contribution in [2.75, 3.05) is 0 Å². The molecule has 0 radical (unpaired) electrons. The lowest BCUT2D eigenvalue weighted by atomic mass is 9.90. The van der Waals surface area contributed by atoms with E-state index in [-0.39, 0.29) is 5.54 Å². The van der Waals surface area contributed by atoms with Gasteiger partial charge in [0.15, 0.2) is 0 Å². The third-order valence-electron chi connectivity index (χ3n) is 2.52. The average molecular weight is 235 g/mol. The second-order valence-corrected chi connectivity index (χ2v) is 5.67. The molecule has 17 heavy (non-hydrogen) atoms. The predicted molar refractivity (Wildman–Crippen MR) is 69.1 cm³/mol. The number of rotatable bonds is 4. The van der Waals surface area contributed by atoms with E-state index >= 15 is 0 Å². The van der Waals surface area contributed by atoms with Crippen LogP contribution in [0.5, 0.6) is 0 Å². The number of nitrogens with one attached hydrogen (secondary N) is 1. The number of carbonyl (C=O) groups is 1. The summed E-state index contributed by atoms with van der Waals surface area (Å²) in [6, 6.07) is 9.68. The van der Waals surface area contributed by atoms with Gasteiger partial charge in [-0.3, -0.25) is 10.1 Å². The Morgan fingerprint density at radius 3 is 2.12 bits per heavy atom. The van der Waals surface area contributed by atoms with E-state index in [0.717, 1.165) is 5.56 Å². The van der Waals surface area contributed by atoms with Gasteiger partial charge in [-0.25, -0.2) is 0 Å². The Morgan fingerprint density at radius 2 is 1.71 bits per heavy atom. The molecule has 0 spiro atoms. The molecule has 94 valence electrons. The van der Waals surface area contributed by atoms with Gasteiger partial charge < -0.3 is 5.11 Å². The van der Waals surface area contributed by atoms with Crippen LogP contribution in [0.15, 0.2) is 30.3 Å². The molecular formula is C14H21NO2. The summed E-state index contributed by atoms with van der Waals surface area (Å²) in [5.41, 5.74) is -0.157. The first-order valence-corrected chi connectivity index (χ1v) is 5.80. The molecule has 1 aromatic carbocycles. The summed E-state index contributed by atoms with van der Waals surface area (Å²) >= 11 is 0. The fourth-order valence-corrected chi connectivity index (χ4v) is 2.01. The van der Waals surface area contributed by atoms with Gasteiger partial charge in [0.1, 0.15) is 5.54 Å². The Balaban J connectivity index is 2.90. The highest BCUT2D eigenvalue weighted by Gasteiger charge is 2.36. The summed E-state index contributed by atoms with van der Waals surface area (Å²) in [4.78, 5) is 11.4. The van der Waals surface area contributed by atoms with Crippen molar-refractivity contribution in [3.8, 4) is 0 Å². The van der Waals surface area contributed by atoms with Gasteiger partial charge in [0.2, 0.25) is 0 Å². The second-order valence-electron chi connectivity index (χ2n) is 5.67. The second kappa shape index (κ2) is 4.88. The van der Waals surface area contributed by atoms with Gasteiger partial charge in [0.05, 0.1) is 0 Å². The molecule has 0 aliphatic carbocycles. The first-order chi connectivity index (χ1) is 7.73. The molecule has 0 aliphatic heterocycles. The number of hydrogen-bond donors (Lipinski definition) is 2. The molecule has 0 aliphatic rings. The van der Waals surface area contributed by atoms with Gasteiger partial charge in [0, 0.05) is 12.0 Å². The van der Waals surface area contributed by atoms with Crippen molar-refractivity contribution in [3.05, 3.63) is 35.9 Å². The summed E-state index contributed by atoms with van der Waals surface area (Å²) in [7, 11) is 0. The van der Waals surface area contributed by atoms with Gasteiger partial charge in [-0.1, -0.05) is 30.3 Å². The van der Waals surface area contributed by atoms with E-state index in [1.807, 2.05) is 51.1 Å². The highest BCUT2D eigenvalue weighted by atomic mass is 16.4. The van der Waals surface area contributed by atoms with Crippen LogP contribution in [0.2, 0.25) is 0 Å². The van der Waals surface area contributed by atoms with Crippen molar-refractivity contribution in [2.45, 2.75) is 45.2 Å². The van der Waals surface area contributed by atoms with Crippen LogP contribution >= 0.6 is 0 Å². The van der Waals surface area contributed by atoms with Crippen LogP contribution in [0.25, 0.3) is 0 Å². The molecule has 1 rings (SSSR count). The number of benzene rings is 1. The number of hydrogen-bond acceptors (Lipinski definition) is 2. The SMILES string of the molecule is CC(C)(C)NC(C)(Cc1ccccc1)C(=O)O. The fourth-order valence-electron chi connectivity index (χ4n) is 2.01. The molecular weight excluding hydrogens is 214 g/mol. The molecule has 0 aromatic heterocycles. The lowest BCUT2D eigenvalue weighted by Gasteiger charge is -2.34. The molecule has 3 heteroatoms. The van der Waals surface area contributed by atoms with Crippen molar-refractivity contribution in [2.24, 2.45) is 0 Å². The van der Waals surface area contributed by atoms with Gasteiger partial charge >= 0.3 is 5.97 Å². The summed E-state index contributed by atoms with van der Waals surface area (Å²) in [6.07, 6.45) is 0.473. The molecule has 0 bridgehead atoms. The topological polar surface area (TPSA) is 49.3 Å². The molecule has 1 atom stereocenters. The summed E-state index contributed by atoms with van der Waals surface area (Å²) in [6.45, 7) is 7.64. The first kappa shape index (κ1) is 13.7. The molecule has 1 aromatic rings. The molecule has 0 heterocycles. The Hall–Kier alpha value is -1.35. The lowest BCUT2D eigenvalue weighted by molar-refractivity contribution is -0.145. The Bertz CT molecular complexity index is 381. The average Bonchev–Trinajstić information content (AvgIpc) is 2.15. The Morgan fingerprint density at radius 1 is 1.18 bits per heavy atom. The molecule has 2 N–H and O–H groups in total. The Labute approximate surface area is 103 Å². The summed E-state index contributed by atoms with van der Waals surface area (Å²) in [5, 5.41) is 12.6. The predicted octanol–water partition coefficient (Wildman–Crippen LogP) is 2.46. The Kier molecular flexibility index (Phi) is 3.94. The normalized spacial score (nSPS) is 15.3. The zero-order chi connectivity index (χ0) is 13.1. The highest BCUT2D eigenvalue weighted by Crippen LogP contribution is 2.17. The molecule has 0 fully saturated rings. The maximum Gasteiger partial charge on any atom is 0.323 e. The minimum atomic E-state index is -0.945.